The van der Waals surface area contributed by atoms with Crippen molar-refractivity contribution in [1.29, 1.82) is 0 Å². The van der Waals surface area contributed by atoms with Crippen molar-refractivity contribution in [3.8, 4) is 0 Å². The van der Waals surface area contributed by atoms with Gasteiger partial charge >= 0.3 is 0 Å². The molecule has 3 heterocycles. The Bertz CT molecular complexity index is 748. The predicted molar refractivity (Wildman–Crippen MR) is 103 cm³/mol. The highest BCUT2D eigenvalue weighted by Gasteiger charge is 2.26. The highest BCUT2D eigenvalue weighted by Crippen LogP contribution is 2.34. The van der Waals surface area contributed by atoms with Crippen molar-refractivity contribution < 1.29 is 4.79 Å². The van der Waals surface area contributed by atoms with E-state index in [0.29, 0.717) is 24.2 Å². The van der Waals surface area contributed by atoms with E-state index in [1.54, 1.807) is 11.3 Å². The van der Waals surface area contributed by atoms with Gasteiger partial charge in [0.15, 0.2) is 0 Å². The summed E-state index contributed by atoms with van der Waals surface area (Å²) in [5, 5.41) is 5.31. The van der Waals surface area contributed by atoms with Crippen LogP contribution in [0.15, 0.2) is 18.2 Å². The number of hydrogen-bond donors (Lipinski definition) is 1. The van der Waals surface area contributed by atoms with Crippen molar-refractivity contribution in [2.45, 2.75) is 38.0 Å². The summed E-state index contributed by atoms with van der Waals surface area (Å²) in [5.74, 6) is 1.50. The number of piperidine rings is 1. The molecule has 1 unspecified atom stereocenters. The highest BCUT2D eigenvalue weighted by molar-refractivity contribution is 7.18. The van der Waals surface area contributed by atoms with Crippen LogP contribution >= 0.6 is 22.9 Å². The number of carbonyl (C=O) groups excluding carboxylic acids is 1. The first kappa shape index (κ1) is 17.3. The van der Waals surface area contributed by atoms with Gasteiger partial charge in [-0.1, -0.05) is 11.6 Å². The minimum absolute atomic E-state index is 0.335. The van der Waals surface area contributed by atoms with Gasteiger partial charge in [-0.05, 0) is 62.9 Å². The lowest BCUT2D eigenvalue weighted by atomic mass is 9.96. The largest absolute Gasteiger partial charge is 0.343 e. The Labute approximate surface area is 157 Å². The highest BCUT2D eigenvalue weighted by atomic mass is 35.5. The van der Waals surface area contributed by atoms with Crippen LogP contribution in [0.2, 0.25) is 5.02 Å². The van der Waals surface area contributed by atoms with Gasteiger partial charge in [0.05, 0.1) is 15.2 Å². The molecule has 1 N–H and O–H groups in total. The SMILES string of the molecule is O=C(CCC1CCNC1)N1CCC(c2nc3cc(Cl)ccc3s2)CC1. The fourth-order valence-corrected chi connectivity index (χ4v) is 5.20. The van der Waals surface area contributed by atoms with Crippen molar-refractivity contribution >= 4 is 39.1 Å². The van der Waals surface area contributed by atoms with Crippen molar-refractivity contribution in [2.24, 2.45) is 5.92 Å². The first-order valence-corrected chi connectivity index (χ1v) is 10.4. The van der Waals surface area contributed by atoms with Crippen LogP contribution in [-0.4, -0.2) is 42.0 Å². The molecule has 4 rings (SSSR count). The van der Waals surface area contributed by atoms with E-state index in [2.05, 4.69) is 16.3 Å². The average Bonchev–Trinajstić information content (AvgIpc) is 3.29. The van der Waals surface area contributed by atoms with Crippen LogP contribution in [0.4, 0.5) is 0 Å². The molecule has 0 spiro atoms. The monoisotopic (exact) mass is 377 g/mol. The normalized spacial score (nSPS) is 22.0. The number of nitrogens with one attached hydrogen (secondary N) is 1. The standard InChI is InChI=1S/C19H24ClN3OS/c20-15-2-3-17-16(11-15)22-19(25-17)14-6-9-23(10-7-14)18(24)4-1-13-5-8-21-12-13/h2-3,11,13-14,21H,1,4-10,12H2. The molecule has 4 nitrogen and oxygen atoms in total. The molecule has 0 aliphatic carbocycles. The van der Waals surface area contributed by atoms with E-state index in [9.17, 15) is 4.79 Å². The van der Waals surface area contributed by atoms with Crippen molar-refractivity contribution in [2.75, 3.05) is 26.2 Å². The smallest absolute Gasteiger partial charge is 0.222 e. The molecule has 2 aliphatic rings. The second-order valence-electron chi connectivity index (χ2n) is 7.22. The molecule has 2 fully saturated rings. The molecule has 1 aromatic carbocycles. The second-order valence-corrected chi connectivity index (χ2v) is 8.72. The number of thiazole rings is 1. The predicted octanol–water partition coefficient (Wildman–Crippen LogP) is 4.05. The summed E-state index contributed by atoms with van der Waals surface area (Å²) in [6, 6.07) is 5.91. The van der Waals surface area contributed by atoms with E-state index in [1.807, 2.05) is 12.1 Å². The summed E-state index contributed by atoms with van der Waals surface area (Å²) in [6.07, 6.45) is 4.99. The number of carbonyl (C=O) groups is 1. The molecule has 25 heavy (non-hydrogen) atoms. The molecule has 2 aliphatic heterocycles. The third kappa shape index (κ3) is 3.99. The zero-order valence-electron chi connectivity index (χ0n) is 14.3. The molecule has 0 saturated carbocycles. The molecule has 1 amide bonds. The lowest BCUT2D eigenvalue weighted by Gasteiger charge is -2.31. The molecule has 1 aromatic heterocycles. The van der Waals surface area contributed by atoms with Gasteiger partial charge < -0.3 is 10.2 Å². The maximum Gasteiger partial charge on any atom is 0.222 e. The molecule has 0 radical (unpaired) electrons. The van der Waals surface area contributed by atoms with Gasteiger partial charge in [0.25, 0.3) is 0 Å². The van der Waals surface area contributed by atoms with Crippen molar-refractivity contribution in [1.82, 2.24) is 15.2 Å². The first-order valence-electron chi connectivity index (χ1n) is 9.23. The number of amides is 1. The van der Waals surface area contributed by atoms with Gasteiger partial charge in [0, 0.05) is 30.5 Å². The second kappa shape index (κ2) is 7.60. The summed E-state index contributed by atoms with van der Waals surface area (Å²) in [7, 11) is 0. The average molecular weight is 378 g/mol. The maximum atomic E-state index is 12.5. The van der Waals surface area contributed by atoms with E-state index in [0.717, 1.165) is 56.0 Å². The quantitative estimate of drug-likeness (QED) is 0.874. The van der Waals surface area contributed by atoms with Gasteiger partial charge in [-0.2, -0.15) is 0 Å². The van der Waals surface area contributed by atoms with Gasteiger partial charge in [-0.15, -0.1) is 11.3 Å². The number of halogens is 1. The minimum atomic E-state index is 0.335. The zero-order chi connectivity index (χ0) is 17.2. The van der Waals surface area contributed by atoms with Crippen LogP contribution < -0.4 is 5.32 Å². The van der Waals surface area contributed by atoms with Gasteiger partial charge in [0.2, 0.25) is 5.91 Å². The molecular weight excluding hydrogens is 354 g/mol. The number of benzene rings is 1. The topological polar surface area (TPSA) is 45.2 Å². The van der Waals surface area contributed by atoms with E-state index < -0.39 is 0 Å². The summed E-state index contributed by atoms with van der Waals surface area (Å²) >= 11 is 7.83. The summed E-state index contributed by atoms with van der Waals surface area (Å²) in [5.41, 5.74) is 0.996. The minimum Gasteiger partial charge on any atom is -0.343 e. The van der Waals surface area contributed by atoms with Gasteiger partial charge in [0.1, 0.15) is 0 Å². The fourth-order valence-electron chi connectivity index (χ4n) is 3.92. The first-order chi connectivity index (χ1) is 12.2. The Morgan fingerprint density at radius 2 is 2.16 bits per heavy atom. The van der Waals surface area contributed by atoms with Crippen LogP contribution in [0.25, 0.3) is 10.2 Å². The van der Waals surface area contributed by atoms with Crippen molar-refractivity contribution in [3.05, 3.63) is 28.2 Å². The number of hydrogen-bond acceptors (Lipinski definition) is 4. The Kier molecular flexibility index (Phi) is 5.25. The van der Waals surface area contributed by atoms with Crippen molar-refractivity contribution in [3.63, 3.8) is 0 Å². The maximum absolute atomic E-state index is 12.5. The molecule has 2 aromatic rings. The van der Waals surface area contributed by atoms with E-state index in [1.165, 1.54) is 16.1 Å². The van der Waals surface area contributed by atoms with E-state index >= 15 is 0 Å². The Morgan fingerprint density at radius 1 is 1.32 bits per heavy atom. The third-order valence-corrected chi connectivity index (χ3v) is 6.93. The molecule has 0 bridgehead atoms. The number of aromatic nitrogens is 1. The Morgan fingerprint density at radius 3 is 2.92 bits per heavy atom. The Hall–Kier alpha value is -1.17. The number of nitrogens with zero attached hydrogens (tertiary/aromatic N) is 2. The van der Waals surface area contributed by atoms with Crippen LogP contribution in [0, 0.1) is 5.92 Å². The number of fused-ring (bicyclic) bond motifs is 1. The van der Waals surface area contributed by atoms with Crippen LogP contribution in [0.5, 0.6) is 0 Å². The Balaban J connectivity index is 1.31. The van der Waals surface area contributed by atoms with Crippen LogP contribution in [-0.2, 0) is 4.79 Å². The number of rotatable bonds is 4. The number of likely N-dealkylation sites (tertiary alicyclic amines) is 1. The van der Waals surface area contributed by atoms with E-state index in [-0.39, 0.29) is 0 Å². The lowest BCUT2D eigenvalue weighted by molar-refractivity contribution is -0.132. The lowest BCUT2D eigenvalue weighted by Crippen LogP contribution is -2.38. The molecular formula is C19H24ClN3OS. The third-order valence-electron chi connectivity index (χ3n) is 5.49. The molecule has 2 saturated heterocycles. The summed E-state index contributed by atoms with van der Waals surface area (Å²) < 4.78 is 1.20. The molecule has 134 valence electrons. The van der Waals surface area contributed by atoms with Gasteiger partial charge in [-0.25, -0.2) is 4.98 Å². The molecule has 1 atom stereocenters. The fraction of sp³-hybridized carbons (Fsp3) is 0.579. The summed E-state index contributed by atoms with van der Waals surface area (Å²) in [4.78, 5) is 19.3. The zero-order valence-corrected chi connectivity index (χ0v) is 15.9. The van der Waals surface area contributed by atoms with Crippen LogP contribution in [0.3, 0.4) is 0 Å². The van der Waals surface area contributed by atoms with Crippen LogP contribution in [0.1, 0.15) is 43.0 Å². The molecule has 6 heteroatoms. The van der Waals surface area contributed by atoms with E-state index in [4.69, 9.17) is 16.6 Å². The summed E-state index contributed by atoms with van der Waals surface area (Å²) in [6.45, 7) is 3.92. The van der Waals surface area contributed by atoms with Gasteiger partial charge in [-0.3, -0.25) is 4.79 Å².